The topological polar surface area (TPSA) is 116 Å². The van der Waals surface area contributed by atoms with Crippen LogP contribution in [0.5, 0.6) is 0 Å². The molecule has 1 atom stereocenters. The number of hydrogen-bond acceptors (Lipinski definition) is 4. The average Bonchev–Trinajstić information content (AvgIpc) is 2.65. The molecule has 0 spiro atoms. The van der Waals surface area contributed by atoms with E-state index in [2.05, 4.69) is 10.6 Å². The van der Waals surface area contributed by atoms with E-state index in [1.54, 1.807) is 0 Å². The van der Waals surface area contributed by atoms with Crippen molar-refractivity contribution in [2.75, 3.05) is 5.32 Å². The number of carboxylic acid groups (broad SMARTS) is 2. The first-order valence-corrected chi connectivity index (χ1v) is 5.41. The highest BCUT2D eigenvalue weighted by atomic mass is 32.1. The van der Waals surface area contributed by atoms with E-state index in [1.165, 1.54) is 18.4 Å². The summed E-state index contributed by atoms with van der Waals surface area (Å²) in [5.41, 5.74) is 0.137. The lowest BCUT2D eigenvalue weighted by Crippen LogP contribution is -2.40. The molecule has 4 N–H and O–H groups in total. The fourth-order valence-corrected chi connectivity index (χ4v) is 1.68. The van der Waals surface area contributed by atoms with Gasteiger partial charge in [0.1, 0.15) is 10.9 Å². The summed E-state index contributed by atoms with van der Waals surface area (Å²) in [6.45, 7) is 1.30. The molecule has 0 aromatic carbocycles. The lowest BCUT2D eigenvalue weighted by molar-refractivity contribution is -0.138. The molecular formula is C9H10N2O5S. The van der Waals surface area contributed by atoms with Crippen molar-refractivity contribution in [2.24, 2.45) is 0 Å². The molecule has 1 heterocycles. The Kier molecular flexibility index (Phi) is 4.05. The Hall–Kier alpha value is -2.09. The lowest BCUT2D eigenvalue weighted by atomic mass is 10.3. The van der Waals surface area contributed by atoms with Crippen LogP contribution in [0.3, 0.4) is 0 Å². The monoisotopic (exact) mass is 258 g/mol. The van der Waals surface area contributed by atoms with Gasteiger partial charge in [-0.05, 0) is 18.4 Å². The van der Waals surface area contributed by atoms with Crippen LogP contribution in [0.25, 0.3) is 0 Å². The SMILES string of the molecule is C[C@H](NC(=O)Nc1ccsc1C(=O)O)C(=O)O. The van der Waals surface area contributed by atoms with Crippen LogP contribution in [0.1, 0.15) is 16.6 Å². The normalized spacial score (nSPS) is 11.6. The van der Waals surface area contributed by atoms with Gasteiger partial charge in [-0.25, -0.2) is 9.59 Å². The van der Waals surface area contributed by atoms with Gasteiger partial charge in [-0.15, -0.1) is 11.3 Å². The largest absolute Gasteiger partial charge is 0.480 e. The molecule has 0 saturated carbocycles. The smallest absolute Gasteiger partial charge is 0.348 e. The first-order valence-electron chi connectivity index (χ1n) is 4.53. The molecule has 1 aromatic heterocycles. The minimum absolute atomic E-state index is 0.0110. The molecule has 8 heteroatoms. The zero-order chi connectivity index (χ0) is 13.0. The number of urea groups is 1. The number of carbonyl (C=O) groups excluding carboxylic acids is 1. The van der Waals surface area contributed by atoms with Crippen LogP contribution >= 0.6 is 11.3 Å². The molecule has 7 nitrogen and oxygen atoms in total. The molecule has 0 bridgehead atoms. The van der Waals surface area contributed by atoms with E-state index in [-0.39, 0.29) is 10.6 Å². The van der Waals surface area contributed by atoms with Crippen molar-refractivity contribution in [2.45, 2.75) is 13.0 Å². The van der Waals surface area contributed by atoms with Gasteiger partial charge >= 0.3 is 18.0 Å². The summed E-state index contributed by atoms with van der Waals surface area (Å²) < 4.78 is 0. The van der Waals surface area contributed by atoms with E-state index in [4.69, 9.17) is 10.2 Å². The number of aromatic carboxylic acids is 1. The Labute approximate surface area is 100 Å². The predicted molar refractivity (Wildman–Crippen MR) is 60.5 cm³/mol. The zero-order valence-corrected chi connectivity index (χ0v) is 9.58. The van der Waals surface area contributed by atoms with E-state index in [1.807, 2.05) is 0 Å². The molecule has 0 aliphatic rings. The summed E-state index contributed by atoms with van der Waals surface area (Å²) in [6.07, 6.45) is 0. The van der Waals surface area contributed by atoms with E-state index in [0.717, 1.165) is 11.3 Å². The van der Waals surface area contributed by atoms with Gasteiger partial charge in [-0.3, -0.25) is 4.79 Å². The maximum atomic E-state index is 11.3. The quantitative estimate of drug-likeness (QED) is 0.644. The van der Waals surface area contributed by atoms with Crippen molar-refractivity contribution in [3.05, 3.63) is 16.3 Å². The minimum Gasteiger partial charge on any atom is -0.480 e. The number of carbonyl (C=O) groups is 3. The second-order valence-corrected chi connectivity index (χ2v) is 4.04. The lowest BCUT2D eigenvalue weighted by Gasteiger charge is -2.10. The van der Waals surface area contributed by atoms with Gasteiger partial charge in [-0.1, -0.05) is 0 Å². The molecule has 92 valence electrons. The van der Waals surface area contributed by atoms with Gasteiger partial charge in [0, 0.05) is 0 Å². The molecule has 0 aliphatic carbocycles. The van der Waals surface area contributed by atoms with Crippen molar-refractivity contribution in [3.63, 3.8) is 0 Å². The van der Waals surface area contributed by atoms with Crippen LogP contribution in [-0.2, 0) is 4.79 Å². The van der Waals surface area contributed by atoms with Gasteiger partial charge in [0.25, 0.3) is 0 Å². The highest BCUT2D eigenvalue weighted by molar-refractivity contribution is 7.12. The highest BCUT2D eigenvalue weighted by Crippen LogP contribution is 2.21. The van der Waals surface area contributed by atoms with E-state index in [0.29, 0.717) is 0 Å². The molecule has 17 heavy (non-hydrogen) atoms. The Morgan fingerprint density at radius 2 is 2.00 bits per heavy atom. The third-order valence-electron chi connectivity index (χ3n) is 1.83. The third kappa shape index (κ3) is 3.45. The standard InChI is InChI=1S/C9H10N2O5S/c1-4(7(12)13)10-9(16)11-5-2-3-17-6(5)8(14)15/h2-4H,1H3,(H,12,13)(H,14,15)(H2,10,11,16)/t4-/m0/s1. The summed E-state index contributed by atoms with van der Waals surface area (Å²) in [6, 6.07) is -0.387. The molecule has 2 amide bonds. The summed E-state index contributed by atoms with van der Waals surface area (Å²) >= 11 is 0.966. The van der Waals surface area contributed by atoms with Crippen LogP contribution in [0.15, 0.2) is 11.4 Å². The number of nitrogens with one attached hydrogen (secondary N) is 2. The first kappa shape index (κ1) is 13.0. The van der Waals surface area contributed by atoms with Crippen molar-refractivity contribution in [1.29, 1.82) is 0 Å². The highest BCUT2D eigenvalue weighted by Gasteiger charge is 2.17. The number of rotatable bonds is 4. The number of aliphatic carboxylic acids is 1. The summed E-state index contributed by atoms with van der Waals surface area (Å²) in [7, 11) is 0. The molecule has 0 aliphatic heterocycles. The Bertz CT molecular complexity index is 456. The van der Waals surface area contributed by atoms with Crippen molar-refractivity contribution < 1.29 is 24.6 Å². The molecule has 0 radical (unpaired) electrons. The number of amides is 2. The van der Waals surface area contributed by atoms with Crippen LogP contribution in [0.4, 0.5) is 10.5 Å². The van der Waals surface area contributed by atoms with Crippen molar-refractivity contribution in [1.82, 2.24) is 5.32 Å². The second kappa shape index (κ2) is 5.30. The maximum Gasteiger partial charge on any atom is 0.348 e. The molecular weight excluding hydrogens is 248 g/mol. The van der Waals surface area contributed by atoms with Crippen LogP contribution in [0.2, 0.25) is 0 Å². The van der Waals surface area contributed by atoms with E-state index in [9.17, 15) is 14.4 Å². The van der Waals surface area contributed by atoms with Gasteiger partial charge in [-0.2, -0.15) is 0 Å². The van der Waals surface area contributed by atoms with Gasteiger partial charge in [0.2, 0.25) is 0 Å². The van der Waals surface area contributed by atoms with Crippen molar-refractivity contribution in [3.8, 4) is 0 Å². The fraction of sp³-hybridized carbons (Fsp3) is 0.222. The number of hydrogen-bond donors (Lipinski definition) is 4. The van der Waals surface area contributed by atoms with Gasteiger partial charge < -0.3 is 20.8 Å². The van der Waals surface area contributed by atoms with E-state index >= 15 is 0 Å². The summed E-state index contributed by atoms with van der Waals surface area (Å²) in [5, 5.41) is 23.3. The zero-order valence-electron chi connectivity index (χ0n) is 8.76. The summed E-state index contributed by atoms with van der Waals surface area (Å²) in [5.74, 6) is -2.33. The summed E-state index contributed by atoms with van der Waals surface area (Å²) in [4.78, 5) is 32.5. The molecule has 1 aromatic rings. The minimum atomic E-state index is -1.18. The molecule has 0 fully saturated rings. The predicted octanol–water partition coefficient (Wildman–Crippen LogP) is 1.04. The Morgan fingerprint density at radius 1 is 1.35 bits per heavy atom. The van der Waals surface area contributed by atoms with Gasteiger partial charge in [0.15, 0.2) is 0 Å². The third-order valence-corrected chi connectivity index (χ3v) is 2.73. The molecule has 1 rings (SSSR count). The van der Waals surface area contributed by atoms with Crippen LogP contribution in [0, 0.1) is 0 Å². The Balaban J connectivity index is 2.65. The fourth-order valence-electron chi connectivity index (χ4n) is 0.990. The van der Waals surface area contributed by atoms with Crippen LogP contribution < -0.4 is 10.6 Å². The molecule has 0 unspecified atom stereocenters. The van der Waals surface area contributed by atoms with Crippen LogP contribution in [-0.4, -0.2) is 34.2 Å². The maximum absolute atomic E-state index is 11.3. The average molecular weight is 258 g/mol. The number of carboxylic acids is 2. The van der Waals surface area contributed by atoms with Gasteiger partial charge in [0.05, 0.1) is 5.69 Å². The van der Waals surface area contributed by atoms with E-state index < -0.39 is 24.0 Å². The first-order chi connectivity index (χ1) is 7.91. The second-order valence-electron chi connectivity index (χ2n) is 3.13. The number of anilines is 1. The Morgan fingerprint density at radius 3 is 2.53 bits per heavy atom. The number of thiophene rings is 1. The molecule has 0 saturated heterocycles. The van der Waals surface area contributed by atoms with Crippen molar-refractivity contribution >= 4 is 35.0 Å².